The molecule has 41 heavy (non-hydrogen) atoms. The summed E-state index contributed by atoms with van der Waals surface area (Å²) >= 11 is 0. The first kappa shape index (κ1) is 28.3. The van der Waals surface area contributed by atoms with Crippen LogP contribution in [0.15, 0.2) is 134 Å². The molecule has 210 valence electrons. The van der Waals surface area contributed by atoms with Crippen LogP contribution in [0.4, 0.5) is 4.79 Å². The van der Waals surface area contributed by atoms with E-state index in [0.29, 0.717) is 19.6 Å². The Morgan fingerprint density at radius 2 is 1.29 bits per heavy atom. The molecule has 3 atom stereocenters. The van der Waals surface area contributed by atoms with Crippen LogP contribution < -0.4 is 0 Å². The molecule has 1 aliphatic heterocycles. The van der Waals surface area contributed by atoms with Gasteiger partial charge >= 0.3 is 6.09 Å². The van der Waals surface area contributed by atoms with Crippen LogP contribution in [0.3, 0.4) is 0 Å². The molecular formula is C36H37NO4. The van der Waals surface area contributed by atoms with E-state index in [9.17, 15) is 4.79 Å². The van der Waals surface area contributed by atoms with Gasteiger partial charge in [-0.25, -0.2) is 4.79 Å². The fourth-order valence-corrected chi connectivity index (χ4v) is 5.84. The largest absolute Gasteiger partial charge is 0.453 e. The summed E-state index contributed by atoms with van der Waals surface area (Å²) in [6, 6.07) is 40.3. The number of hydrogen-bond donors (Lipinski definition) is 0. The number of rotatable bonds is 10. The van der Waals surface area contributed by atoms with E-state index < -0.39 is 11.7 Å². The summed E-state index contributed by atoms with van der Waals surface area (Å²) in [4.78, 5) is 15.0. The van der Waals surface area contributed by atoms with Gasteiger partial charge in [-0.2, -0.15) is 0 Å². The lowest BCUT2D eigenvalue weighted by Gasteiger charge is -2.45. The van der Waals surface area contributed by atoms with Crippen molar-refractivity contribution in [3.63, 3.8) is 0 Å². The number of ether oxygens (including phenoxy) is 3. The molecule has 0 aliphatic carbocycles. The molecule has 0 aromatic heterocycles. The summed E-state index contributed by atoms with van der Waals surface area (Å²) in [5.41, 5.74) is 3.26. The van der Waals surface area contributed by atoms with E-state index in [1.165, 1.54) is 7.11 Å². The van der Waals surface area contributed by atoms with Crippen LogP contribution in [0.5, 0.6) is 0 Å². The van der Waals surface area contributed by atoms with Gasteiger partial charge in [0.1, 0.15) is 5.60 Å². The number of hydrogen-bond acceptors (Lipinski definition) is 4. The van der Waals surface area contributed by atoms with Gasteiger partial charge in [-0.05, 0) is 35.1 Å². The first-order valence-corrected chi connectivity index (χ1v) is 14.1. The number of piperidine rings is 1. The highest BCUT2D eigenvalue weighted by Crippen LogP contribution is 2.41. The second-order valence-electron chi connectivity index (χ2n) is 10.3. The first-order chi connectivity index (χ1) is 20.2. The van der Waals surface area contributed by atoms with Gasteiger partial charge < -0.3 is 14.2 Å². The first-order valence-electron chi connectivity index (χ1n) is 14.1. The molecule has 4 aromatic rings. The van der Waals surface area contributed by atoms with E-state index in [-0.39, 0.29) is 18.2 Å². The second kappa shape index (κ2) is 13.4. The Morgan fingerprint density at radius 3 is 1.76 bits per heavy atom. The Morgan fingerprint density at radius 1 is 0.805 bits per heavy atom. The minimum atomic E-state index is -0.879. The van der Waals surface area contributed by atoms with E-state index in [4.69, 9.17) is 14.2 Å². The van der Waals surface area contributed by atoms with Gasteiger partial charge in [-0.1, -0.05) is 127 Å². The number of amides is 1. The van der Waals surface area contributed by atoms with Gasteiger partial charge in [0.05, 0.1) is 38.5 Å². The SMILES string of the molecule is C=C[C@H]1[C@H](OCc2ccccc2)CC[C@H](COC(c2ccccc2)(c2ccccc2)c2ccccc2)N1C(=O)OC. The van der Waals surface area contributed by atoms with Gasteiger partial charge in [0, 0.05) is 0 Å². The van der Waals surface area contributed by atoms with Crippen molar-refractivity contribution in [2.45, 2.75) is 43.2 Å². The highest BCUT2D eigenvalue weighted by molar-refractivity contribution is 5.69. The molecule has 4 aromatic carbocycles. The smallest absolute Gasteiger partial charge is 0.410 e. The Hall–Kier alpha value is -4.19. The van der Waals surface area contributed by atoms with Crippen LogP contribution in [-0.2, 0) is 26.4 Å². The molecule has 0 radical (unpaired) electrons. The second-order valence-corrected chi connectivity index (χ2v) is 10.3. The molecule has 0 saturated carbocycles. The van der Waals surface area contributed by atoms with Crippen molar-refractivity contribution in [1.29, 1.82) is 0 Å². The summed E-state index contributed by atoms with van der Waals surface area (Å²) in [6.07, 6.45) is 2.64. The third-order valence-corrected chi connectivity index (χ3v) is 7.85. The van der Waals surface area contributed by atoms with Crippen LogP contribution in [0.1, 0.15) is 35.1 Å². The van der Waals surface area contributed by atoms with Gasteiger partial charge in [0.2, 0.25) is 0 Å². The third kappa shape index (κ3) is 6.12. The van der Waals surface area contributed by atoms with E-state index in [1.54, 1.807) is 11.0 Å². The van der Waals surface area contributed by atoms with Crippen molar-refractivity contribution in [2.75, 3.05) is 13.7 Å². The lowest BCUT2D eigenvalue weighted by molar-refractivity contribution is -0.0800. The monoisotopic (exact) mass is 547 g/mol. The molecular weight excluding hydrogens is 510 g/mol. The summed E-state index contributed by atoms with van der Waals surface area (Å²) < 4.78 is 18.7. The molecule has 1 amide bonds. The predicted molar refractivity (Wildman–Crippen MR) is 161 cm³/mol. The highest BCUT2D eigenvalue weighted by atomic mass is 16.5. The normalized spacial score (nSPS) is 19.0. The van der Waals surface area contributed by atoms with Crippen molar-refractivity contribution in [1.82, 2.24) is 4.90 Å². The Labute approximate surface area is 243 Å². The minimum absolute atomic E-state index is 0.204. The Balaban J connectivity index is 1.47. The van der Waals surface area contributed by atoms with Crippen molar-refractivity contribution >= 4 is 6.09 Å². The predicted octanol–water partition coefficient (Wildman–Crippen LogP) is 7.37. The average molecular weight is 548 g/mol. The molecule has 0 unspecified atom stereocenters. The summed E-state index contributed by atoms with van der Waals surface area (Å²) in [6.45, 7) is 4.83. The lowest BCUT2D eigenvalue weighted by atomic mass is 9.80. The van der Waals surface area contributed by atoms with Gasteiger partial charge in [-0.15, -0.1) is 6.58 Å². The summed E-state index contributed by atoms with van der Waals surface area (Å²) in [5.74, 6) is 0. The molecule has 5 nitrogen and oxygen atoms in total. The van der Waals surface area contributed by atoms with Crippen LogP contribution in [0.25, 0.3) is 0 Å². The van der Waals surface area contributed by atoms with Crippen molar-refractivity contribution < 1.29 is 19.0 Å². The average Bonchev–Trinajstić information content (AvgIpc) is 3.05. The zero-order valence-electron chi connectivity index (χ0n) is 23.5. The maximum atomic E-state index is 13.2. The summed E-state index contributed by atoms with van der Waals surface area (Å²) in [5, 5.41) is 0. The van der Waals surface area contributed by atoms with Crippen LogP contribution in [0, 0.1) is 0 Å². The van der Waals surface area contributed by atoms with Crippen LogP contribution >= 0.6 is 0 Å². The number of benzene rings is 4. The maximum absolute atomic E-state index is 13.2. The molecule has 0 spiro atoms. The van der Waals surface area contributed by atoms with Gasteiger partial charge in [0.25, 0.3) is 0 Å². The number of methoxy groups -OCH3 is 1. The van der Waals surface area contributed by atoms with E-state index >= 15 is 0 Å². The molecule has 1 aliphatic rings. The minimum Gasteiger partial charge on any atom is -0.453 e. The van der Waals surface area contributed by atoms with Gasteiger partial charge in [0.15, 0.2) is 0 Å². The van der Waals surface area contributed by atoms with Crippen LogP contribution in [-0.4, -0.2) is 42.9 Å². The fourth-order valence-electron chi connectivity index (χ4n) is 5.84. The molecule has 5 heteroatoms. The molecule has 5 rings (SSSR count). The molecule has 1 fully saturated rings. The third-order valence-electron chi connectivity index (χ3n) is 7.85. The van der Waals surface area contributed by atoms with Gasteiger partial charge in [-0.3, -0.25) is 4.90 Å². The molecule has 0 bridgehead atoms. The highest BCUT2D eigenvalue weighted by Gasteiger charge is 2.43. The van der Waals surface area contributed by atoms with E-state index in [2.05, 4.69) is 43.0 Å². The van der Waals surface area contributed by atoms with Crippen molar-refractivity contribution in [3.8, 4) is 0 Å². The summed E-state index contributed by atoms with van der Waals surface area (Å²) in [7, 11) is 1.41. The number of nitrogens with zero attached hydrogens (tertiary/aromatic N) is 1. The zero-order valence-corrected chi connectivity index (χ0v) is 23.5. The lowest BCUT2D eigenvalue weighted by Crippen LogP contribution is -2.57. The molecule has 1 saturated heterocycles. The van der Waals surface area contributed by atoms with E-state index in [1.807, 2.05) is 84.9 Å². The quantitative estimate of drug-likeness (QED) is 0.154. The van der Waals surface area contributed by atoms with E-state index in [0.717, 1.165) is 28.7 Å². The Kier molecular flexibility index (Phi) is 9.29. The Bertz CT molecular complexity index is 1280. The topological polar surface area (TPSA) is 48.0 Å². The standard InChI is InChI=1S/C36H37NO4/c1-3-33-34(40-26-28-16-8-4-9-17-28)25-24-32(37(33)35(38)39-2)27-41-36(29-18-10-5-11-19-29,30-20-12-6-13-21-30)31-22-14-7-15-23-31/h3-23,32-34H,1,24-27H2,2H3/t32-,33+,34-/m1/s1. The zero-order chi connectivity index (χ0) is 28.5. The van der Waals surface area contributed by atoms with Crippen molar-refractivity contribution in [2.24, 2.45) is 0 Å². The maximum Gasteiger partial charge on any atom is 0.410 e. The molecule has 1 heterocycles. The van der Waals surface area contributed by atoms with Crippen LogP contribution in [0.2, 0.25) is 0 Å². The number of carbonyl (C=O) groups excluding carboxylic acids is 1. The fraction of sp³-hybridized carbons (Fsp3) is 0.250. The molecule has 0 N–H and O–H groups in total. The number of likely N-dealkylation sites (tertiary alicyclic amines) is 1. The van der Waals surface area contributed by atoms with Crippen molar-refractivity contribution in [3.05, 3.63) is 156 Å². The number of carbonyl (C=O) groups is 1.